The summed E-state index contributed by atoms with van der Waals surface area (Å²) in [7, 11) is 0. The van der Waals surface area contributed by atoms with Gasteiger partial charge in [-0.3, -0.25) is 4.79 Å². The fraction of sp³-hybridized carbons (Fsp3) is 0.100. The molecule has 0 fully saturated rings. The lowest BCUT2D eigenvalue weighted by molar-refractivity contribution is -0.137. The third kappa shape index (κ3) is 3.62. The molecule has 2 heterocycles. The summed E-state index contributed by atoms with van der Waals surface area (Å²) < 4.78 is 6.98. The van der Waals surface area contributed by atoms with Crippen molar-refractivity contribution in [2.75, 3.05) is 0 Å². The Bertz CT molecular complexity index is 1060. The first-order valence-electron chi connectivity index (χ1n) is 8.46. The van der Waals surface area contributed by atoms with E-state index in [4.69, 9.17) is 14.7 Å². The van der Waals surface area contributed by atoms with E-state index in [2.05, 4.69) is 10.1 Å². The highest BCUT2D eigenvalue weighted by Crippen LogP contribution is 2.30. The summed E-state index contributed by atoms with van der Waals surface area (Å²) in [6.45, 7) is 0. The lowest BCUT2D eigenvalue weighted by Crippen LogP contribution is -1.97. The lowest BCUT2D eigenvalue weighted by Gasteiger charge is -2.00. The molecular weight excluding hydrogens is 344 g/mol. The van der Waals surface area contributed by atoms with Gasteiger partial charge in [0, 0.05) is 18.2 Å². The van der Waals surface area contributed by atoms with E-state index >= 15 is 0 Å². The van der Waals surface area contributed by atoms with E-state index < -0.39 is 5.97 Å². The number of aryl methyl sites for hydroxylation is 1. The Labute approximate surface area is 154 Å². The summed E-state index contributed by atoms with van der Waals surface area (Å²) in [5, 5.41) is 17.6. The van der Waals surface area contributed by atoms with Crippen molar-refractivity contribution in [2.45, 2.75) is 12.8 Å². The van der Waals surface area contributed by atoms with E-state index in [1.54, 1.807) is 4.68 Å². The minimum absolute atomic E-state index is 0.0591. The molecule has 1 N–H and O–H groups in total. The largest absolute Gasteiger partial charge is 0.481 e. The molecule has 27 heavy (non-hydrogen) atoms. The molecule has 2 aromatic heterocycles. The zero-order valence-corrected chi connectivity index (χ0v) is 14.3. The van der Waals surface area contributed by atoms with Crippen LogP contribution in [-0.2, 0) is 11.2 Å². The van der Waals surface area contributed by atoms with Crippen LogP contribution in [0.25, 0.3) is 28.3 Å². The SMILES string of the molecule is O=C(O)CCc1nc(-c2cn(-c3ccccc3)nc2-c2ccccc2)no1. The summed E-state index contributed by atoms with van der Waals surface area (Å²) >= 11 is 0. The quantitative estimate of drug-likeness (QED) is 0.564. The maximum absolute atomic E-state index is 10.7. The van der Waals surface area contributed by atoms with Crippen LogP contribution in [-0.4, -0.2) is 31.0 Å². The number of nitrogens with zero attached hydrogens (tertiary/aromatic N) is 4. The van der Waals surface area contributed by atoms with Crippen LogP contribution in [0.2, 0.25) is 0 Å². The molecule has 0 aliphatic rings. The second-order valence-corrected chi connectivity index (χ2v) is 5.94. The molecule has 0 saturated carbocycles. The van der Waals surface area contributed by atoms with E-state index in [1.807, 2.05) is 66.9 Å². The Morgan fingerprint density at radius 1 is 1.04 bits per heavy atom. The summed E-state index contributed by atoms with van der Waals surface area (Å²) in [5.41, 5.74) is 3.29. The standard InChI is InChI=1S/C20H16N4O3/c25-18(26)12-11-17-21-20(23-27-17)16-13-24(15-9-5-2-6-10-15)22-19(16)14-7-3-1-4-8-14/h1-10,13H,11-12H2,(H,25,26). The minimum Gasteiger partial charge on any atom is -0.481 e. The predicted molar refractivity (Wildman–Crippen MR) is 98.2 cm³/mol. The molecule has 0 aliphatic carbocycles. The first-order chi connectivity index (χ1) is 13.2. The third-order valence-corrected chi connectivity index (χ3v) is 4.04. The number of para-hydroxylation sites is 1. The summed E-state index contributed by atoms with van der Waals surface area (Å²) in [5.74, 6) is -0.230. The Kier molecular flexibility index (Phi) is 4.49. The van der Waals surface area contributed by atoms with E-state index in [1.165, 1.54) is 0 Å². The van der Waals surface area contributed by atoms with Gasteiger partial charge in [-0.2, -0.15) is 10.1 Å². The van der Waals surface area contributed by atoms with Crippen molar-refractivity contribution in [3.63, 3.8) is 0 Å². The molecule has 7 nitrogen and oxygen atoms in total. The topological polar surface area (TPSA) is 94.0 Å². The van der Waals surface area contributed by atoms with E-state index in [0.29, 0.717) is 11.7 Å². The maximum Gasteiger partial charge on any atom is 0.303 e. The van der Waals surface area contributed by atoms with Gasteiger partial charge < -0.3 is 9.63 Å². The average molecular weight is 360 g/mol. The fourth-order valence-electron chi connectivity index (χ4n) is 2.74. The van der Waals surface area contributed by atoms with Gasteiger partial charge in [-0.1, -0.05) is 53.7 Å². The van der Waals surface area contributed by atoms with Crippen LogP contribution in [0.4, 0.5) is 0 Å². The molecule has 0 atom stereocenters. The molecule has 0 unspecified atom stereocenters. The molecule has 0 aliphatic heterocycles. The first-order valence-corrected chi connectivity index (χ1v) is 8.46. The van der Waals surface area contributed by atoms with Crippen molar-refractivity contribution in [2.24, 2.45) is 0 Å². The number of rotatable bonds is 6. The van der Waals surface area contributed by atoms with Crippen LogP contribution in [0.3, 0.4) is 0 Å². The molecule has 0 radical (unpaired) electrons. The molecule has 134 valence electrons. The van der Waals surface area contributed by atoms with Crippen molar-refractivity contribution >= 4 is 5.97 Å². The van der Waals surface area contributed by atoms with E-state index in [0.717, 1.165) is 22.5 Å². The monoisotopic (exact) mass is 360 g/mol. The number of aromatic nitrogens is 4. The molecule has 2 aromatic carbocycles. The maximum atomic E-state index is 10.7. The molecule has 4 rings (SSSR count). The van der Waals surface area contributed by atoms with E-state index in [-0.39, 0.29) is 12.8 Å². The van der Waals surface area contributed by atoms with Gasteiger partial charge in [0.05, 0.1) is 17.7 Å². The van der Waals surface area contributed by atoms with Crippen LogP contribution >= 0.6 is 0 Å². The molecular formula is C20H16N4O3. The van der Waals surface area contributed by atoms with Crippen molar-refractivity contribution in [1.82, 2.24) is 19.9 Å². The lowest BCUT2D eigenvalue weighted by atomic mass is 10.1. The molecule has 7 heteroatoms. The minimum atomic E-state index is -0.906. The highest BCUT2D eigenvalue weighted by Gasteiger charge is 2.19. The van der Waals surface area contributed by atoms with Crippen molar-refractivity contribution in [3.05, 3.63) is 72.8 Å². The Hall–Kier alpha value is -3.74. The predicted octanol–water partition coefficient (Wildman–Crippen LogP) is 3.61. The van der Waals surface area contributed by atoms with Gasteiger partial charge in [0.2, 0.25) is 11.7 Å². The van der Waals surface area contributed by atoms with Gasteiger partial charge in [-0.15, -0.1) is 0 Å². The molecule has 4 aromatic rings. The average Bonchev–Trinajstić information content (AvgIpc) is 3.35. The Balaban J connectivity index is 1.77. The molecule has 0 spiro atoms. The second kappa shape index (κ2) is 7.25. The number of aliphatic carboxylic acids is 1. The zero-order valence-electron chi connectivity index (χ0n) is 14.3. The number of carbonyl (C=O) groups is 1. The zero-order chi connectivity index (χ0) is 18.6. The number of carboxylic acids is 1. The van der Waals surface area contributed by atoms with E-state index in [9.17, 15) is 4.79 Å². The van der Waals surface area contributed by atoms with Crippen LogP contribution in [0.15, 0.2) is 71.4 Å². The summed E-state index contributed by atoms with van der Waals surface area (Å²) in [4.78, 5) is 15.1. The van der Waals surface area contributed by atoms with Gasteiger partial charge in [0.25, 0.3) is 0 Å². The normalized spacial score (nSPS) is 10.8. The Morgan fingerprint density at radius 3 is 2.44 bits per heavy atom. The van der Waals surface area contributed by atoms with Gasteiger partial charge in [-0.25, -0.2) is 4.68 Å². The molecule has 0 saturated heterocycles. The van der Waals surface area contributed by atoms with Gasteiger partial charge in [0.15, 0.2) is 0 Å². The summed E-state index contributed by atoms with van der Waals surface area (Å²) in [6.07, 6.45) is 1.98. The summed E-state index contributed by atoms with van der Waals surface area (Å²) in [6, 6.07) is 19.5. The fourth-order valence-corrected chi connectivity index (χ4v) is 2.74. The van der Waals surface area contributed by atoms with Crippen molar-refractivity contribution < 1.29 is 14.4 Å². The number of benzene rings is 2. The van der Waals surface area contributed by atoms with Crippen molar-refractivity contribution in [3.8, 4) is 28.3 Å². The van der Waals surface area contributed by atoms with Crippen LogP contribution < -0.4 is 0 Å². The number of hydrogen-bond donors (Lipinski definition) is 1. The highest BCUT2D eigenvalue weighted by atomic mass is 16.5. The smallest absolute Gasteiger partial charge is 0.303 e. The Morgan fingerprint density at radius 2 is 1.74 bits per heavy atom. The van der Waals surface area contributed by atoms with Crippen molar-refractivity contribution in [1.29, 1.82) is 0 Å². The third-order valence-electron chi connectivity index (χ3n) is 4.04. The highest BCUT2D eigenvalue weighted by molar-refractivity contribution is 5.77. The number of hydrogen-bond acceptors (Lipinski definition) is 5. The van der Waals surface area contributed by atoms with Gasteiger partial charge in [-0.05, 0) is 12.1 Å². The van der Waals surface area contributed by atoms with Crippen LogP contribution in [0, 0.1) is 0 Å². The molecule has 0 amide bonds. The van der Waals surface area contributed by atoms with Crippen LogP contribution in [0.1, 0.15) is 12.3 Å². The number of carboxylic acid groups (broad SMARTS) is 1. The van der Waals surface area contributed by atoms with Gasteiger partial charge >= 0.3 is 5.97 Å². The second-order valence-electron chi connectivity index (χ2n) is 5.94. The van der Waals surface area contributed by atoms with Crippen LogP contribution in [0.5, 0.6) is 0 Å². The first kappa shape index (κ1) is 16.7. The molecule has 0 bridgehead atoms. The van der Waals surface area contributed by atoms with Gasteiger partial charge in [0.1, 0.15) is 5.69 Å².